The van der Waals surface area contributed by atoms with Crippen molar-refractivity contribution in [1.29, 1.82) is 0 Å². The molecule has 70 valence electrons. The highest BCUT2D eigenvalue weighted by Crippen LogP contribution is 2.30. The van der Waals surface area contributed by atoms with E-state index in [1.54, 1.807) is 0 Å². The Kier molecular flexibility index (Phi) is 2.73. The first-order valence-corrected chi connectivity index (χ1v) is 4.58. The fraction of sp³-hybridized carbons (Fsp3) is 0.889. The molecule has 3 nitrogen and oxygen atoms in total. The zero-order valence-corrected chi connectivity index (χ0v) is 7.89. The quantitative estimate of drug-likeness (QED) is 0.650. The maximum absolute atomic E-state index is 10.7. The van der Waals surface area contributed by atoms with E-state index in [1.165, 1.54) is 19.3 Å². The molecule has 0 bridgehead atoms. The second-order valence-corrected chi connectivity index (χ2v) is 4.10. The van der Waals surface area contributed by atoms with E-state index in [0.29, 0.717) is 6.54 Å². The third-order valence-corrected chi connectivity index (χ3v) is 2.78. The van der Waals surface area contributed by atoms with Gasteiger partial charge in [-0.3, -0.25) is 4.79 Å². The molecule has 0 saturated heterocycles. The molecule has 1 amide bonds. The van der Waals surface area contributed by atoms with Crippen molar-refractivity contribution in [3.8, 4) is 0 Å². The molecule has 0 aromatic carbocycles. The van der Waals surface area contributed by atoms with Crippen LogP contribution in [0.5, 0.6) is 0 Å². The van der Waals surface area contributed by atoms with E-state index in [0.717, 1.165) is 0 Å². The summed E-state index contributed by atoms with van der Waals surface area (Å²) in [5.74, 6) is -0.271. The van der Waals surface area contributed by atoms with Gasteiger partial charge in [0, 0.05) is 18.0 Å². The summed E-state index contributed by atoms with van der Waals surface area (Å²) in [4.78, 5) is 10.7. The number of hydrogen-bond donors (Lipinski definition) is 2. The van der Waals surface area contributed by atoms with Crippen molar-refractivity contribution < 1.29 is 4.79 Å². The average Bonchev–Trinajstić information content (AvgIpc) is 1.96. The molecule has 1 fully saturated rings. The Morgan fingerprint density at radius 3 is 2.58 bits per heavy atom. The Hall–Kier alpha value is -0.570. The topological polar surface area (TPSA) is 55.1 Å². The summed E-state index contributed by atoms with van der Waals surface area (Å²) in [7, 11) is 0. The highest BCUT2D eigenvalue weighted by atomic mass is 16.1. The van der Waals surface area contributed by atoms with Crippen molar-refractivity contribution in [3.05, 3.63) is 0 Å². The first kappa shape index (κ1) is 9.52. The Labute approximate surface area is 73.7 Å². The van der Waals surface area contributed by atoms with Crippen LogP contribution >= 0.6 is 0 Å². The van der Waals surface area contributed by atoms with Crippen molar-refractivity contribution in [3.63, 3.8) is 0 Å². The van der Waals surface area contributed by atoms with Crippen LogP contribution in [0, 0.1) is 5.92 Å². The number of rotatable bonds is 4. The van der Waals surface area contributed by atoms with Crippen LogP contribution in [0.25, 0.3) is 0 Å². The van der Waals surface area contributed by atoms with Gasteiger partial charge in [-0.2, -0.15) is 0 Å². The van der Waals surface area contributed by atoms with Crippen LogP contribution in [0.2, 0.25) is 0 Å². The molecule has 1 aliphatic rings. The third kappa shape index (κ3) is 2.21. The molecule has 1 aliphatic carbocycles. The lowest BCUT2D eigenvalue weighted by Gasteiger charge is -2.40. The second kappa shape index (κ2) is 3.44. The maximum Gasteiger partial charge on any atom is 0.221 e. The molecule has 1 unspecified atom stereocenters. The van der Waals surface area contributed by atoms with E-state index in [2.05, 4.69) is 12.2 Å². The van der Waals surface area contributed by atoms with Crippen LogP contribution in [0.1, 0.15) is 33.1 Å². The lowest BCUT2D eigenvalue weighted by Crippen LogP contribution is -2.50. The fourth-order valence-corrected chi connectivity index (χ4v) is 1.38. The van der Waals surface area contributed by atoms with Gasteiger partial charge in [0.25, 0.3) is 0 Å². The van der Waals surface area contributed by atoms with Gasteiger partial charge in [0.15, 0.2) is 0 Å². The van der Waals surface area contributed by atoms with Crippen molar-refractivity contribution in [2.24, 2.45) is 11.7 Å². The number of carbonyl (C=O) groups is 1. The van der Waals surface area contributed by atoms with E-state index < -0.39 is 0 Å². The molecule has 3 N–H and O–H groups in total. The van der Waals surface area contributed by atoms with Crippen LogP contribution in [0.3, 0.4) is 0 Å². The molecular weight excluding hydrogens is 152 g/mol. The molecule has 1 atom stereocenters. The van der Waals surface area contributed by atoms with Gasteiger partial charge >= 0.3 is 0 Å². The summed E-state index contributed by atoms with van der Waals surface area (Å²) in [6.07, 6.45) is 3.74. The summed E-state index contributed by atoms with van der Waals surface area (Å²) in [5.41, 5.74) is 5.43. The highest BCUT2D eigenvalue weighted by Gasteiger charge is 2.31. The monoisotopic (exact) mass is 170 g/mol. The zero-order valence-electron chi connectivity index (χ0n) is 7.89. The van der Waals surface area contributed by atoms with Gasteiger partial charge in [0.05, 0.1) is 0 Å². The molecule has 0 aromatic heterocycles. The number of nitrogens with two attached hydrogens (primary N) is 1. The molecular formula is C9H18N2O. The Balaban J connectivity index is 2.20. The van der Waals surface area contributed by atoms with Gasteiger partial charge < -0.3 is 11.1 Å². The van der Waals surface area contributed by atoms with E-state index in [4.69, 9.17) is 5.73 Å². The SMILES string of the molecule is CC(CNC1(C)CCC1)C(N)=O. The Morgan fingerprint density at radius 1 is 1.67 bits per heavy atom. The molecule has 0 spiro atoms. The lowest BCUT2D eigenvalue weighted by atomic mass is 9.78. The largest absolute Gasteiger partial charge is 0.369 e. The third-order valence-electron chi connectivity index (χ3n) is 2.78. The van der Waals surface area contributed by atoms with Gasteiger partial charge in [0.2, 0.25) is 5.91 Å². The van der Waals surface area contributed by atoms with Crippen LogP contribution in [0.15, 0.2) is 0 Å². The normalized spacial score (nSPS) is 22.8. The molecule has 12 heavy (non-hydrogen) atoms. The summed E-state index contributed by atoms with van der Waals surface area (Å²) < 4.78 is 0. The van der Waals surface area contributed by atoms with Crippen molar-refractivity contribution >= 4 is 5.91 Å². The number of nitrogens with one attached hydrogen (secondary N) is 1. The smallest absolute Gasteiger partial charge is 0.221 e. The predicted octanol–water partition coefficient (Wildman–Crippen LogP) is 0.640. The average molecular weight is 170 g/mol. The molecule has 0 aliphatic heterocycles. The van der Waals surface area contributed by atoms with Gasteiger partial charge in [-0.1, -0.05) is 6.92 Å². The minimum Gasteiger partial charge on any atom is -0.369 e. The molecule has 1 saturated carbocycles. The first-order chi connectivity index (χ1) is 5.53. The standard InChI is InChI=1S/C9H18N2O/c1-7(8(10)12)6-11-9(2)4-3-5-9/h7,11H,3-6H2,1-2H3,(H2,10,12). The van der Waals surface area contributed by atoms with Crippen molar-refractivity contribution in [1.82, 2.24) is 5.32 Å². The van der Waals surface area contributed by atoms with Crippen LogP contribution in [-0.2, 0) is 4.79 Å². The molecule has 0 heterocycles. The summed E-state index contributed by atoms with van der Waals surface area (Å²) in [5, 5.41) is 3.38. The van der Waals surface area contributed by atoms with Gasteiger partial charge in [-0.25, -0.2) is 0 Å². The van der Waals surface area contributed by atoms with Crippen LogP contribution < -0.4 is 11.1 Å². The Bertz CT molecular complexity index is 175. The van der Waals surface area contributed by atoms with Gasteiger partial charge in [-0.05, 0) is 26.2 Å². The highest BCUT2D eigenvalue weighted by molar-refractivity contribution is 5.76. The lowest BCUT2D eigenvalue weighted by molar-refractivity contribution is -0.121. The van der Waals surface area contributed by atoms with Crippen LogP contribution in [-0.4, -0.2) is 18.0 Å². The number of amides is 1. The second-order valence-electron chi connectivity index (χ2n) is 4.10. The van der Waals surface area contributed by atoms with Crippen LogP contribution in [0.4, 0.5) is 0 Å². The van der Waals surface area contributed by atoms with E-state index in [9.17, 15) is 4.79 Å². The predicted molar refractivity (Wildman–Crippen MR) is 48.6 cm³/mol. The molecule has 0 radical (unpaired) electrons. The first-order valence-electron chi connectivity index (χ1n) is 4.58. The number of carbonyl (C=O) groups excluding carboxylic acids is 1. The molecule has 1 rings (SSSR count). The number of primary amides is 1. The van der Waals surface area contributed by atoms with E-state index >= 15 is 0 Å². The number of hydrogen-bond acceptors (Lipinski definition) is 2. The van der Waals surface area contributed by atoms with Crippen molar-refractivity contribution in [2.75, 3.05) is 6.54 Å². The fourth-order valence-electron chi connectivity index (χ4n) is 1.38. The minimum absolute atomic E-state index is 0.0533. The van der Waals surface area contributed by atoms with E-state index in [-0.39, 0.29) is 17.4 Å². The summed E-state index contributed by atoms with van der Waals surface area (Å²) in [6.45, 7) is 4.77. The minimum atomic E-state index is -0.217. The Morgan fingerprint density at radius 2 is 2.25 bits per heavy atom. The molecule has 0 aromatic rings. The van der Waals surface area contributed by atoms with E-state index in [1.807, 2.05) is 6.92 Å². The summed E-state index contributed by atoms with van der Waals surface area (Å²) in [6, 6.07) is 0. The van der Waals surface area contributed by atoms with Crippen molar-refractivity contribution in [2.45, 2.75) is 38.6 Å². The molecule has 3 heteroatoms. The van der Waals surface area contributed by atoms with Gasteiger partial charge in [0.1, 0.15) is 0 Å². The zero-order chi connectivity index (χ0) is 9.19. The maximum atomic E-state index is 10.7. The summed E-state index contributed by atoms with van der Waals surface area (Å²) >= 11 is 0. The van der Waals surface area contributed by atoms with Gasteiger partial charge in [-0.15, -0.1) is 0 Å².